The van der Waals surface area contributed by atoms with Crippen LogP contribution in [0.15, 0.2) is 60.7 Å². The van der Waals surface area contributed by atoms with Crippen molar-refractivity contribution in [3.8, 4) is 11.5 Å². The lowest BCUT2D eigenvalue weighted by Gasteiger charge is -2.08. The molecule has 156 valence electrons. The zero-order valence-electron chi connectivity index (χ0n) is 14.2. The summed E-state index contributed by atoms with van der Waals surface area (Å²) in [6.07, 6.45) is -7.32. The first kappa shape index (κ1) is 22.3. The summed E-state index contributed by atoms with van der Waals surface area (Å²) in [7, 11) is -4.58. The fraction of sp³-hybridized carbons (Fsp3) is 0.111. The molecular formula is C18H12F6O4S. The molecule has 0 aliphatic rings. The van der Waals surface area contributed by atoms with E-state index in [0.717, 1.165) is 36.4 Å². The van der Waals surface area contributed by atoms with E-state index in [2.05, 4.69) is 8.37 Å². The average Bonchev–Trinajstić information content (AvgIpc) is 2.58. The molecule has 11 heteroatoms. The third kappa shape index (κ3) is 8.73. The van der Waals surface area contributed by atoms with Gasteiger partial charge in [-0.05, 0) is 35.4 Å². The maximum Gasteiger partial charge on any atom is 0.500 e. The number of benzene rings is 2. The molecule has 4 nitrogen and oxygen atoms in total. The summed E-state index contributed by atoms with van der Waals surface area (Å²) in [6, 6.07) is 9.32. The Hall–Kier alpha value is -2.95. The lowest BCUT2D eigenvalue weighted by molar-refractivity contribution is -0.0800. The van der Waals surface area contributed by atoms with E-state index in [0.29, 0.717) is 0 Å². The highest BCUT2D eigenvalue weighted by Gasteiger charge is 2.22. The molecule has 0 fully saturated rings. The second-order valence-electron chi connectivity index (χ2n) is 5.46. The molecule has 0 unspecified atom stereocenters. The number of halogens is 6. The van der Waals surface area contributed by atoms with Crippen LogP contribution < -0.4 is 8.37 Å². The quantitative estimate of drug-likeness (QED) is 0.556. The molecule has 0 aromatic heterocycles. The molecular weight excluding hydrogens is 426 g/mol. The van der Waals surface area contributed by atoms with Crippen molar-refractivity contribution in [2.24, 2.45) is 0 Å². The van der Waals surface area contributed by atoms with E-state index in [1.807, 2.05) is 0 Å². The van der Waals surface area contributed by atoms with Gasteiger partial charge in [-0.2, -0.15) is 26.3 Å². The maximum atomic E-state index is 12.1. The van der Waals surface area contributed by atoms with Gasteiger partial charge in [0.15, 0.2) is 0 Å². The molecule has 29 heavy (non-hydrogen) atoms. The molecule has 0 bridgehead atoms. The first-order valence-corrected chi connectivity index (χ1v) is 9.01. The van der Waals surface area contributed by atoms with Crippen LogP contribution in [0.1, 0.15) is 11.1 Å². The standard InChI is InChI=1S/C18H12F6O4S/c19-17(20,21)11-9-13-1-5-15(6-2-13)27-29(25,26)28-16-7-3-14(4-8-16)10-12-18(22,23)24/h1-12H/b11-9+,12-10+. The highest BCUT2D eigenvalue weighted by molar-refractivity contribution is 7.82. The van der Waals surface area contributed by atoms with Gasteiger partial charge in [-0.3, -0.25) is 0 Å². The lowest BCUT2D eigenvalue weighted by Crippen LogP contribution is -2.16. The molecule has 2 aromatic rings. The van der Waals surface area contributed by atoms with E-state index in [1.54, 1.807) is 0 Å². The summed E-state index contributed by atoms with van der Waals surface area (Å²) < 4.78 is 106. The van der Waals surface area contributed by atoms with Crippen molar-refractivity contribution in [3.63, 3.8) is 0 Å². The molecule has 0 atom stereocenters. The van der Waals surface area contributed by atoms with Crippen molar-refractivity contribution in [3.05, 3.63) is 71.8 Å². The van der Waals surface area contributed by atoms with Gasteiger partial charge in [0.05, 0.1) is 0 Å². The zero-order valence-corrected chi connectivity index (χ0v) is 15.1. The van der Waals surface area contributed by atoms with E-state index in [4.69, 9.17) is 0 Å². The van der Waals surface area contributed by atoms with E-state index in [-0.39, 0.29) is 34.8 Å². The Balaban J connectivity index is 2.01. The fourth-order valence-electron chi connectivity index (χ4n) is 1.90. The van der Waals surface area contributed by atoms with Gasteiger partial charge >= 0.3 is 22.8 Å². The highest BCUT2D eigenvalue weighted by Crippen LogP contribution is 2.22. The third-order valence-corrected chi connectivity index (χ3v) is 3.88. The Labute approximate surface area is 162 Å². The third-order valence-electron chi connectivity index (χ3n) is 3.09. The minimum absolute atomic E-state index is 0.0241. The van der Waals surface area contributed by atoms with Gasteiger partial charge in [-0.25, -0.2) is 0 Å². The lowest BCUT2D eigenvalue weighted by atomic mass is 10.2. The minimum Gasteiger partial charge on any atom is -0.353 e. The fourth-order valence-corrected chi connectivity index (χ4v) is 2.63. The smallest absolute Gasteiger partial charge is 0.353 e. The van der Waals surface area contributed by atoms with Crippen LogP contribution in [0.4, 0.5) is 26.3 Å². The zero-order chi connectivity index (χ0) is 21.7. The molecule has 0 radical (unpaired) electrons. The molecule has 2 aromatic carbocycles. The van der Waals surface area contributed by atoms with Crippen LogP contribution in [-0.4, -0.2) is 20.8 Å². The highest BCUT2D eigenvalue weighted by atomic mass is 32.3. The van der Waals surface area contributed by atoms with Gasteiger partial charge in [-0.15, -0.1) is 8.42 Å². The molecule has 2 rings (SSSR count). The topological polar surface area (TPSA) is 52.6 Å². The average molecular weight is 438 g/mol. The van der Waals surface area contributed by atoms with Gasteiger partial charge in [0, 0.05) is 12.2 Å². The first-order chi connectivity index (χ1) is 13.3. The number of rotatable bonds is 6. The van der Waals surface area contributed by atoms with Gasteiger partial charge in [0.25, 0.3) is 0 Å². The van der Waals surface area contributed by atoms with Gasteiger partial charge in [0.1, 0.15) is 11.5 Å². The monoisotopic (exact) mass is 438 g/mol. The molecule has 0 amide bonds. The summed E-state index contributed by atoms with van der Waals surface area (Å²) in [4.78, 5) is 0. The first-order valence-electron chi connectivity index (χ1n) is 7.67. The van der Waals surface area contributed by atoms with E-state index in [9.17, 15) is 34.8 Å². The molecule has 0 aliphatic heterocycles. The SMILES string of the molecule is O=S(=O)(Oc1ccc(/C=C/C(F)(F)F)cc1)Oc1ccc(/C=C/C(F)(F)F)cc1. The predicted octanol–water partition coefficient (Wildman–Crippen LogP) is 5.54. The molecule has 0 N–H and O–H groups in total. The second kappa shape index (κ2) is 8.60. The summed E-state index contributed by atoms with van der Waals surface area (Å²) in [5.74, 6) is -0.419. The second-order valence-corrected chi connectivity index (χ2v) is 6.61. The van der Waals surface area contributed by atoms with Crippen molar-refractivity contribution >= 4 is 22.6 Å². The van der Waals surface area contributed by atoms with Gasteiger partial charge in [0.2, 0.25) is 0 Å². The minimum atomic E-state index is -4.58. The summed E-state index contributed by atoms with van der Waals surface area (Å²) in [5, 5.41) is 0. The van der Waals surface area contributed by atoms with Crippen LogP contribution in [0, 0.1) is 0 Å². The normalized spacial score (nSPS) is 13.2. The van der Waals surface area contributed by atoms with Crippen LogP contribution in [0.5, 0.6) is 11.5 Å². The molecule has 0 saturated heterocycles. The Morgan fingerprint density at radius 1 is 0.621 bits per heavy atom. The van der Waals surface area contributed by atoms with Gasteiger partial charge < -0.3 is 8.37 Å². The van der Waals surface area contributed by atoms with Crippen molar-refractivity contribution in [2.75, 3.05) is 0 Å². The maximum absolute atomic E-state index is 12.1. The summed E-state index contributed by atoms with van der Waals surface area (Å²) in [6.45, 7) is 0. The van der Waals surface area contributed by atoms with Crippen LogP contribution in [0.2, 0.25) is 0 Å². The predicted molar refractivity (Wildman–Crippen MR) is 93.2 cm³/mol. The summed E-state index contributed by atoms with van der Waals surface area (Å²) >= 11 is 0. The Morgan fingerprint density at radius 2 is 0.931 bits per heavy atom. The number of hydrogen-bond acceptors (Lipinski definition) is 4. The van der Waals surface area contributed by atoms with E-state index in [1.165, 1.54) is 24.3 Å². The number of hydrogen-bond donors (Lipinski definition) is 0. The van der Waals surface area contributed by atoms with Crippen molar-refractivity contribution < 1.29 is 43.1 Å². The van der Waals surface area contributed by atoms with Gasteiger partial charge in [-0.1, -0.05) is 36.4 Å². The van der Waals surface area contributed by atoms with Crippen molar-refractivity contribution in [2.45, 2.75) is 12.4 Å². The molecule has 0 heterocycles. The Kier molecular flexibility index (Phi) is 6.62. The molecule has 0 saturated carbocycles. The Morgan fingerprint density at radius 3 is 1.21 bits per heavy atom. The van der Waals surface area contributed by atoms with Crippen LogP contribution in [0.3, 0.4) is 0 Å². The number of allylic oxidation sites excluding steroid dienone is 2. The van der Waals surface area contributed by atoms with E-state index >= 15 is 0 Å². The Bertz CT molecular complexity index is 897. The van der Waals surface area contributed by atoms with Crippen molar-refractivity contribution in [1.82, 2.24) is 0 Å². The molecule has 0 spiro atoms. The number of alkyl halides is 6. The largest absolute Gasteiger partial charge is 0.500 e. The van der Waals surface area contributed by atoms with Crippen LogP contribution in [0.25, 0.3) is 12.2 Å². The van der Waals surface area contributed by atoms with E-state index < -0.39 is 22.8 Å². The van der Waals surface area contributed by atoms with Crippen molar-refractivity contribution in [1.29, 1.82) is 0 Å². The summed E-state index contributed by atoms with van der Waals surface area (Å²) in [5.41, 5.74) is 0.325. The molecule has 0 aliphatic carbocycles. The van der Waals surface area contributed by atoms with Crippen LogP contribution in [-0.2, 0) is 10.4 Å². The van der Waals surface area contributed by atoms with Crippen LogP contribution >= 0.6 is 0 Å².